The van der Waals surface area contributed by atoms with Gasteiger partial charge in [0, 0.05) is 40.7 Å². The van der Waals surface area contributed by atoms with E-state index in [-0.39, 0.29) is 11.6 Å². The molecule has 1 N–H and O–H groups in total. The fourth-order valence-corrected chi connectivity index (χ4v) is 4.02. The van der Waals surface area contributed by atoms with Crippen LogP contribution in [0.5, 0.6) is 5.75 Å². The van der Waals surface area contributed by atoms with Crippen LogP contribution in [-0.4, -0.2) is 35.1 Å². The van der Waals surface area contributed by atoms with Crippen LogP contribution in [-0.2, 0) is 4.74 Å². The summed E-state index contributed by atoms with van der Waals surface area (Å²) in [6, 6.07) is 11.5. The second-order valence-corrected chi connectivity index (χ2v) is 7.01. The Bertz CT molecular complexity index is 1130. The van der Waals surface area contributed by atoms with Crippen LogP contribution in [0.15, 0.2) is 42.6 Å². The molecule has 5 rings (SSSR count). The highest BCUT2D eigenvalue weighted by atomic mass is 19.1. The van der Waals surface area contributed by atoms with Gasteiger partial charge in [0.1, 0.15) is 0 Å². The monoisotopic (exact) mass is 365 g/mol. The number of nitrogens with zero attached hydrogens (tertiary/aromatic N) is 2. The zero-order valence-corrected chi connectivity index (χ0v) is 15.0. The number of hydrogen-bond donors (Lipinski definition) is 1. The highest BCUT2D eigenvalue weighted by Crippen LogP contribution is 2.36. The van der Waals surface area contributed by atoms with Gasteiger partial charge in [-0.05, 0) is 43.2 Å². The maximum atomic E-state index is 14.0. The number of methoxy groups -OCH3 is 1. The topological polar surface area (TPSA) is 52.1 Å². The van der Waals surface area contributed by atoms with Crippen molar-refractivity contribution < 1.29 is 13.9 Å². The Labute approximate surface area is 155 Å². The van der Waals surface area contributed by atoms with Crippen LogP contribution in [0.1, 0.15) is 24.5 Å². The van der Waals surface area contributed by atoms with E-state index in [2.05, 4.69) is 33.0 Å². The molecule has 3 heterocycles. The van der Waals surface area contributed by atoms with E-state index in [1.807, 2.05) is 6.20 Å². The molecular formula is C21H20FN3O2. The molecule has 0 amide bonds. The Balaban J connectivity index is 1.78. The summed E-state index contributed by atoms with van der Waals surface area (Å²) in [6.45, 7) is 1.52. The Morgan fingerprint density at radius 1 is 1.22 bits per heavy atom. The first-order chi connectivity index (χ1) is 13.2. The average molecular weight is 365 g/mol. The van der Waals surface area contributed by atoms with Gasteiger partial charge in [-0.2, -0.15) is 5.10 Å². The Morgan fingerprint density at radius 2 is 2.15 bits per heavy atom. The standard InChI is InChI=1S/C21H20FN3O2/c1-26-21-10-16(4-5-17(21)22)25-19(13-3-2-6-27-12-13)8-14-7-18-15(9-20(14)25)11-23-24-18/h4-5,7-11,13H,2-3,6,12H2,1H3,(H,23,24). The van der Waals surface area contributed by atoms with Crippen molar-refractivity contribution in [3.63, 3.8) is 0 Å². The summed E-state index contributed by atoms with van der Waals surface area (Å²) in [6.07, 6.45) is 3.94. The minimum Gasteiger partial charge on any atom is -0.494 e. The lowest BCUT2D eigenvalue weighted by atomic mass is 9.98. The van der Waals surface area contributed by atoms with Crippen molar-refractivity contribution >= 4 is 21.8 Å². The summed E-state index contributed by atoms with van der Waals surface area (Å²) in [5.41, 5.74) is 4.13. The Morgan fingerprint density at radius 3 is 2.96 bits per heavy atom. The molecule has 1 aliphatic heterocycles. The fourth-order valence-electron chi connectivity index (χ4n) is 4.02. The van der Waals surface area contributed by atoms with Crippen molar-refractivity contribution in [2.75, 3.05) is 20.3 Å². The highest BCUT2D eigenvalue weighted by molar-refractivity contribution is 5.96. The molecule has 5 nitrogen and oxygen atoms in total. The molecule has 6 heteroatoms. The summed E-state index contributed by atoms with van der Waals surface area (Å²) in [5, 5.41) is 9.33. The van der Waals surface area contributed by atoms with E-state index in [1.54, 1.807) is 12.1 Å². The van der Waals surface area contributed by atoms with Crippen molar-refractivity contribution in [1.82, 2.24) is 14.8 Å². The molecule has 0 aliphatic carbocycles. The summed E-state index contributed by atoms with van der Waals surface area (Å²) >= 11 is 0. The molecule has 138 valence electrons. The van der Waals surface area contributed by atoms with Gasteiger partial charge in [0.05, 0.1) is 30.9 Å². The number of aromatic amines is 1. The maximum Gasteiger partial charge on any atom is 0.165 e. The lowest BCUT2D eigenvalue weighted by molar-refractivity contribution is 0.0790. The van der Waals surface area contributed by atoms with Crippen molar-refractivity contribution in [2.45, 2.75) is 18.8 Å². The summed E-state index contributed by atoms with van der Waals surface area (Å²) in [4.78, 5) is 0. The molecule has 4 aromatic rings. The minimum absolute atomic E-state index is 0.240. The number of nitrogens with one attached hydrogen (secondary N) is 1. The first kappa shape index (κ1) is 16.3. The zero-order chi connectivity index (χ0) is 18.4. The smallest absolute Gasteiger partial charge is 0.165 e. The van der Waals surface area contributed by atoms with E-state index in [0.29, 0.717) is 12.5 Å². The predicted molar refractivity (Wildman–Crippen MR) is 102 cm³/mol. The molecule has 1 fully saturated rings. The first-order valence-electron chi connectivity index (χ1n) is 9.15. The molecule has 0 saturated carbocycles. The molecule has 0 bridgehead atoms. The van der Waals surface area contributed by atoms with Gasteiger partial charge >= 0.3 is 0 Å². The van der Waals surface area contributed by atoms with Crippen LogP contribution in [0.25, 0.3) is 27.5 Å². The molecule has 0 spiro atoms. The van der Waals surface area contributed by atoms with Gasteiger partial charge < -0.3 is 14.0 Å². The van der Waals surface area contributed by atoms with E-state index in [4.69, 9.17) is 9.47 Å². The van der Waals surface area contributed by atoms with Crippen LogP contribution in [0.2, 0.25) is 0 Å². The molecule has 1 unspecified atom stereocenters. The molecule has 2 aromatic heterocycles. The van der Waals surface area contributed by atoms with E-state index >= 15 is 0 Å². The molecular weight excluding hydrogens is 345 g/mol. The van der Waals surface area contributed by atoms with Crippen molar-refractivity contribution in [1.29, 1.82) is 0 Å². The van der Waals surface area contributed by atoms with Crippen LogP contribution in [0.3, 0.4) is 0 Å². The average Bonchev–Trinajstić information content (AvgIpc) is 3.31. The number of hydrogen-bond acceptors (Lipinski definition) is 3. The van der Waals surface area contributed by atoms with Crippen LogP contribution < -0.4 is 4.74 Å². The largest absolute Gasteiger partial charge is 0.494 e. The Kier molecular flexibility index (Phi) is 3.86. The highest BCUT2D eigenvalue weighted by Gasteiger charge is 2.23. The van der Waals surface area contributed by atoms with Gasteiger partial charge in [-0.25, -0.2) is 4.39 Å². The third-order valence-corrected chi connectivity index (χ3v) is 5.36. The molecule has 1 aliphatic rings. The molecule has 1 saturated heterocycles. The quantitative estimate of drug-likeness (QED) is 0.580. The SMILES string of the molecule is COc1cc(-n2c(C3CCCOC3)cc3cc4[nH]ncc4cc32)ccc1F. The Hall–Kier alpha value is -2.86. The van der Waals surface area contributed by atoms with Gasteiger partial charge in [-0.3, -0.25) is 5.10 Å². The van der Waals surface area contributed by atoms with Gasteiger partial charge in [0.2, 0.25) is 0 Å². The van der Waals surface area contributed by atoms with Gasteiger partial charge in [-0.1, -0.05) is 0 Å². The number of aromatic nitrogens is 3. The van der Waals surface area contributed by atoms with E-state index in [0.717, 1.165) is 46.9 Å². The van der Waals surface area contributed by atoms with E-state index in [1.165, 1.54) is 18.9 Å². The predicted octanol–water partition coefficient (Wildman–Crippen LogP) is 4.55. The van der Waals surface area contributed by atoms with Crippen molar-refractivity contribution in [3.05, 3.63) is 54.1 Å². The molecule has 2 aromatic carbocycles. The number of rotatable bonds is 3. The van der Waals surface area contributed by atoms with Gasteiger partial charge in [0.15, 0.2) is 11.6 Å². The van der Waals surface area contributed by atoms with E-state index in [9.17, 15) is 4.39 Å². The van der Waals surface area contributed by atoms with Crippen LogP contribution in [0, 0.1) is 5.82 Å². The van der Waals surface area contributed by atoms with Gasteiger partial charge in [0.25, 0.3) is 0 Å². The number of fused-ring (bicyclic) bond motifs is 2. The zero-order valence-electron chi connectivity index (χ0n) is 15.0. The fraction of sp³-hybridized carbons (Fsp3) is 0.286. The normalized spacial score (nSPS) is 17.6. The number of halogens is 1. The lowest BCUT2D eigenvalue weighted by Crippen LogP contribution is -2.18. The van der Waals surface area contributed by atoms with Gasteiger partial charge in [-0.15, -0.1) is 0 Å². The summed E-state index contributed by atoms with van der Waals surface area (Å²) in [7, 11) is 1.49. The van der Waals surface area contributed by atoms with E-state index < -0.39 is 0 Å². The molecule has 0 radical (unpaired) electrons. The van der Waals surface area contributed by atoms with Crippen LogP contribution >= 0.6 is 0 Å². The first-order valence-corrected chi connectivity index (χ1v) is 9.15. The maximum absolute atomic E-state index is 14.0. The number of H-pyrrole nitrogens is 1. The van der Waals surface area contributed by atoms with Crippen molar-refractivity contribution in [3.8, 4) is 11.4 Å². The minimum atomic E-state index is -0.363. The third-order valence-electron chi connectivity index (χ3n) is 5.36. The third kappa shape index (κ3) is 2.68. The number of benzene rings is 2. The van der Waals surface area contributed by atoms with Crippen molar-refractivity contribution in [2.24, 2.45) is 0 Å². The second kappa shape index (κ2) is 6.39. The second-order valence-electron chi connectivity index (χ2n) is 7.01. The number of ether oxygens (including phenoxy) is 2. The molecule has 1 atom stereocenters. The lowest BCUT2D eigenvalue weighted by Gasteiger charge is -2.24. The molecule has 27 heavy (non-hydrogen) atoms. The summed E-state index contributed by atoms with van der Waals surface area (Å²) in [5.74, 6) is 0.181. The van der Waals surface area contributed by atoms with Crippen LogP contribution in [0.4, 0.5) is 4.39 Å². The summed E-state index contributed by atoms with van der Waals surface area (Å²) < 4.78 is 27.1.